The van der Waals surface area contributed by atoms with Gasteiger partial charge >= 0.3 is 0 Å². The number of hydrogen-bond donors (Lipinski definition) is 0. The normalized spacial score (nSPS) is 12.2. The molecule has 26 aromatic rings. The quantitative estimate of drug-likeness (QED) is 0.109. The third-order valence-electron chi connectivity index (χ3n) is 28.3. The predicted molar refractivity (Wildman–Crippen MR) is 573 cm³/mol. The van der Waals surface area contributed by atoms with Gasteiger partial charge in [-0.2, -0.15) is 0 Å². The second-order valence-electron chi connectivity index (χ2n) is 36.4. The lowest BCUT2D eigenvalue weighted by Crippen LogP contribution is -2.16. The third-order valence-corrected chi connectivity index (χ3v) is 28.3. The molecule has 638 valence electrons. The van der Waals surface area contributed by atoms with E-state index in [1.54, 1.807) is 0 Å². The number of furan rings is 3. The fourth-order valence-electron chi connectivity index (χ4n) is 21.5. The zero-order chi connectivity index (χ0) is 90.1. The van der Waals surface area contributed by atoms with Crippen LogP contribution in [0.4, 0.5) is 34.1 Å². The standard InChI is InChI=1S/C73H47NO2.C58H39NO/c1-73(2)63-42-49(44-14-4-3-5-15-44)28-36-59(63)60-37-35-54(43-64(60)73)74(52-31-24-47(25-32-52)61-40-50-18-8-12-22-57(50)69-67-55-20-10-6-16-45(55)29-38-65(67)75-71(61)69)53-33-26-48(27-34-53)62-41-51-19-9-13-23-58(51)70-68-56-21-11-7-17-46(56)30-39-66(68)76-72(62)70;1-3-11-40(12-4-1)42-19-23-44(24-20-42)46-27-33-49(34-28-46)59(50-35-29-47(30-36-50)45-25-21-43(22-26-45)41-13-5-2-6-14-41)51-37-31-48(32-38-51)55-39-56-53-16-9-10-18-57(53)60-58(56)54-17-8-7-15-52(54)55/h3-43H,1-2H3;1-39H. The Morgan fingerprint density at radius 1 is 0.162 bits per heavy atom. The predicted octanol–water partition coefficient (Wildman–Crippen LogP) is 37.4. The van der Waals surface area contributed by atoms with Crippen LogP contribution in [0.5, 0.6) is 0 Å². The van der Waals surface area contributed by atoms with Crippen molar-refractivity contribution in [3.8, 4) is 100 Å². The lowest BCUT2D eigenvalue weighted by Gasteiger charge is -2.28. The van der Waals surface area contributed by atoms with Crippen LogP contribution in [-0.2, 0) is 5.41 Å². The highest BCUT2D eigenvalue weighted by Gasteiger charge is 2.37. The van der Waals surface area contributed by atoms with Crippen molar-refractivity contribution in [1.82, 2.24) is 0 Å². The number of hydrogen-bond acceptors (Lipinski definition) is 5. The zero-order valence-electron chi connectivity index (χ0n) is 74.8. The average molecular weight is 1740 g/mol. The molecular formula is C131H86N2O3. The average Bonchev–Trinajstić information content (AvgIpc) is 1.57. The molecule has 27 rings (SSSR count). The van der Waals surface area contributed by atoms with Crippen LogP contribution in [0.1, 0.15) is 25.0 Å². The smallest absolute Gasteiger partial charge is 0.143 e. The molecule has 0 aliphatic heterocycles. The van der Waals surface area contributed by atoms with Crippen LogP contribution in [0, 0.1) is 0 Å². The topological polar surface area (TPSA) is 45.9 Å². The van der Waals surface area contributed by atoms with E-state index in [1.165, 1.54) is 132 Å². The van der Waals surface area contributed by atoms with E-state index in [0.717, 1.165) is 133 Å². The maximum absolute atomic E-state index is 6.91. The van der Waals surface area contributed by atoms with Gasteiger partial charge in [-0.1, -0.05) is 384 Å². The Morgan fingerprint density at radius 2 is 0.456 bits per heavy atom. The van der Waals surface area contributed by atoms with E-state index in [4.69, 9.17) is 13.3 Å². The van der Waals surface area contributed by atoms with Gasteiger partial charge in [-0.05, 0) is 264 Å². The van der Waals surface area contributed by atoms with E-state index < -0.39 is 0 Å². The van der Waals surface area contributed by atoms with E-state index in [9.17, 15) is 0 Å². The highest BCUT2D eigenvalue weighted by Crippen LogP contribution is 2.54. The first kappa shape index (κ1) is 79.3. The molecule has 0 N–H and O–H groups in total. The molecule has 0 spiro atoms. The minimum atomic E-state index is -0.233. The van der Waals surface area contributed by atoms with E-state index in [1.807, 2.05) is 6.07 Å². The molecular weight excluding hydrogens is 1650 g/mol. The van der Waals surface area contributed by atoms with E-state index >= 15 is 0 Å². The van der Waals surface area contributed by atoms with Crippen molar-refractivity contribution < 1.29 is 13.3 Å². The summed E-state index contributed by atoms with van der Waals surface area (Å²) in [5, 5.41) is 18.8. The second kappa shape index (κ2) is 32.4. The molecule has 0 atom stereocenters. The van der Waals surface area contributed by atoms with Gasteiger partial charge in [0.25, 0.3) is 0 Å². The van der Waals surface area contributed by atoms with E-state index in [0.29, 0.717) is 0 Å². The van der Waals surface area contributed by atoms with Crippen molar-refractivity contribution in [2.75, 3.05) is 9.80 Å². The Balaban J connectivity index is 0.000000145. The molecule has 1 aliphatic carbocycles. The summed E-state index contributed by atoms with van der Waals surface area (Å²) < 4.78 is 20.2. The summed E-state index contributed by atoms with van der Waals surface area (Å²) in [5.41, 5.74) is 35.7. The lowest BCUT2D eigenvalue weighted by molar-refractivity contribution is 0.660. The summed E-state index contributed by atoms with van der Waals surface area (Å²) in [4.78, 5) is 4.76. The summed E-state index contributed by atoms with van der Waals surface area (Å²) >= 11 is 0. The number of anilines is 6. The van der Waals surface area contributed by atoms with Crippen molar-refractivity contribution in [2.24, 2.45) is 0 Å². The molecule has 136 heavy (non-hydrogen) atoms. The molecule has 0 fully saturated rings. The van der Waals surface area contributed by atoms with Crippen molar-refractivity contribution in [1.29, 1.82) is 0 Å². The minimum absolute atomic E-state index is 0.233. The summed E-state index contributed by atoms with van der Waals surface area (Å²) in [5.74, 6) is 0. The molecule has 0 bridgehead atoms. The fourth-order valence-corrected chi connectivity index (χ4v) is 21.5. The van der Waals surface area contributed by atoms with Crippen molar-refractivity contribution in [3.63, 3.8) is 0 Å². The molecule has 1 aliphatic rings. The van der Waals surface area contributed by atoms with Crippen LogP contribution < -0.4 is 9.80 Å². The second-order valence-corrected chi connectivity index (χ2v) is 36.4. The molecule has 0 saturated carbocycles. The van der Waals surface area contributed by atoms with Gasteiger partial charge in [-0.25, -0.2) is 0 Å². The summed E-state index contributed by atoms with van der Waals surface area (Å²) in [7, 11) is 0. The monoisotopic (exact) mass is 1730 g/mol. The molecule has 3 aromatic heterocycles. The molecule has 0 saturated heterocycles. The molecule has 5 heteroatoms. The summed E-state index contributed by atoms with van der Waals surface area (Å²) in [6, 6.07) is 176. The van der Waals surface area contributed by atoms with Crippen molar-refractivity contribution >= 4 is 154 Å². The molecule has 0 unspecified atom stereocenters. The first-order valence-corrected chi connectivity index (χ1v) is 46.8. The van der Waals surface area contributed by atoms with E-state index in [2.05, 4.69) is 503 Å². The van der Waals surface area contributed by atoms with Crippen LogP contribution >= 0.6 is 0 Å². The van der Waals surface area contributed by atoms with E-state index in [-0.39, 0.29) is 5.41 Å². The van der Waals surface area contributed by atoms with Crippen molar-refractivity contribution in [2.45, 2.75) is 19.3 Å². The Labute approximate surface area is 787 Å². The van der Waals surface area contributed by atoms with Crippen molar-refractivity contribution in [3.05, 3.63) is 496 Å². The SMILES string of the molecule is CC1(C)c2cc(-c3ccccc3)ccc2-c2ccc(N(c3ccc(-c4cc5ccccc5c5c4oc4ccc6ccccc6c45)cc3)c3ccc(-c4cc5ccccc5c5c4oc4ccc6ccccc6c45)cc3)cc21.c1ccc(-c2ccc(-c3ccc(N(c4ccc(-c5ccc(-c6ccccc6)cc5)cc4)c4ccc(-c5cc6c7ccccc7oc6c6ccccc56)cc4)cc3)cc2)cc1. The maximum atomic E-state index is 6.91. The zero-order valence-corrected chi connectivity index (χ0v) is 74.8. The fraction of sp³-hybridized carbons (Fsp3) is 0.0229. The summed E-state index contributed by atoms with van der Waals surface area (Å²) in [6.07, 6.45) is 0. The number of fused-ring (bicyclic) bond motifs is 22. The van der Waals surface area contributed by atoms with Gasteiger partial charge in [0.1, 0.15) is 33.5 Å². The highest BCUT2D eigenvalue weighted by molar-refractivity contribution is 6.31. The Bertz CT molecular complexity index is 8810. The number of rotatable bonds is 14. The Kier molecular flexibility index (Phi) is 18.9. The number of para-hydroxylation sites is 1. The first-order chi connectivity index (χ1) is 67.2. The van der Waals surface area contributed by atoms with Gasteiger partial charge in [0.05, 0.1) is 0 Å². The third kappa shape index (κ3) is 13.5. The Hall–Kier alpha value is -17.6. The van der Waals surface area contributed by atoms with Gasteiger partial charge in [-0.15, -0.1) is 0 Å². The Morgan fingerprint density at radius 3 is 0.890 bits per heavy atom. The van der Waals surface area contributed by atoms with Gasteiger partial charge in [0.2, 0.25) is 0 Å². The minimum Gasteiger partial charge on any atom is -0.455 e. The van der Waals surface area contributed by atoms with Crippen LogP contribution in [0.25, 0.3) is 220 Å². The van der Waals surface area contributed by atoms with Gasteiger partial charge < -0.3 is 23.1 Å². The van der Waals surface area contributed by atoms with Crippen LogP contribution in [0.15, 0.2) is 499 Å². The molecule has 0 radical (unpaired) electrons. The maximum Gasteiger partial charge on any atom is 0.143 e. The highest BCUT2D eigenvalue weighted by atomic mass is 16.3. The van der Waals surface area contributed by atoms with Crippen LogP contribution in [0.2, 0.25) is 0 Å². The largest absolute Gasteiger partial charge is 0.455 e. The van der Waals surface area contributed by atoms with Crippen LogP contribution in [0.3, 0.4) is 0 Å². The molecule has 5 nitrogen and oxygen atoms in total. The van der Waals surface area contributed by atoms with Gasteiger partial charge in [-0.3, -0.25) is 0 Å². The van der Waals surface area contributed by atoms with Crippen LogP contribution in [-0.4, -0.2) is 0 Å². The molecule has 3 heterocycles. The lowest BCUT2D eigenvalue weighted by atomic mass is 9.81. The molecule has 23 aromatic carbocycles. The number of nitrogens with zero attached hydrogens (tertiary/aromatic N) is 2. The van der Waals surface area contributed by atoms with Gasteiger partial charge in [0.15, 0.2) is 0 Å². The van der Waals surface area contributed by atoms with Gasteiger partial charge in [0, 0.05) is 88.4 Å². The molecule has 0 amide bonds. The summed E-state index contributed by atoms with van der Waals surface area (Å²) in [6.45, 7) is 4.75. The number of benzene rings is 23. The first-order valence-electron chi connectivity index (χ1n) is 46.8.